The molecule has 112 valence electrons. The van der Waals surface area contributed by atoms with Gasteiger partial charge in [-0.05, 0) is 44.2 Å². The molecule has 4 unspecified atom stereocenters. The van der Waals surface area contributed by atoms with Crippen molar-refractivity contribution in [1.29, 1.82) is 0 Å². The molecule has 1 heterocycles. The molecule has 1 aromatic rings. The summed E-state index contributed by atoms with van der Waals surface area (Å²) in [5, 5.41) is 0. The molecule has 2 nitrogen and oxygen atoms in total. The standard InChI is InChI=1S/C17H27FN2/c1-12-7-6-10-20(14(12)3)11-13(2)17(19)15-8-4-5-9-16(15)18/h4-5,8-9,12-14,17H,6-7,10-11,19H2,1-3H3. The van der Waals surface area contributed by atoms with Gasteiger partial charge in [-0.3, -0.25) is 0 Å². The number of benzene rings is 1. The first-order valence-electron chi connectivity index (χ1n) is 7.74. The van der Waals surface area contributed by atoms with E-state index < -0.39 is 0 Å². The Kier molecular flexibility index (Phi) is 5.17. The third-order valence-electron chi connectivity index (χ3n) is 4.90. The zero-order valence-electron chi connectivity index (χ0n) is 12.8. The molecule has 0 aromatic heterocycles. The van der Waals surface area contributed by atoms with E-state index in [1.165, 1.54) is 18.9 Å². The number of likely N-dealkylation sites (tertiary alicyclic amines) is 1. The van der Waals surface area contributed by atoms with E-state index in [0.717, 1.165) is 19.0 Å². The molecule has 3 heteroatoms. The third-order valence-corrected chi connectivity index (χ3v) is 4.90. The van der Waals surface area contributed by atoms with Crippen molar-refractivity contribution >= 4 is 0 Å². The largest absolute Gasteiger partial charge is 0.324 e. The molecule has 1 fully saturated rings. The third kappa shape index (κ3) is 3.39. The van der Waals surface area contributed by atoms with E-state index in [0.29, 0.717) is 11.6 Å². The van der Waals surface area contributed by atoms with E-state index in [1.54, 1.807) is 12.1 Å². The summed E-state index contributed by atoms with van der Waals surface area (Å²) < 4.78 is 13.8. The lowest BCUT2D eigenvalue weighted by atomic mass is 9.89. The summed E-state index contributed by atoms with van der Waals surface area (Å²) in [6, 6.07) is 7.23. The summed E-state index contributed by atoms with van der Waals surface area (Å²) in [5.74, 6) is 0.798. The first kappa shape index (κ1) is 15.5. The van der Waals surface area contributed by atoms with Crippen molar-refractivity contribution in [2.24, 2.45) is 17.6 Å². The van der Waals surface area contributed by atoms with Gasteiger partial charge in [-0.2, -0.15) is 0 Å². The second kappa shape index (κ2) is 6.68. The van der Waals surface area contributed by atoms with Crippen molar-refractivity contribution in [3.63, 3.8) is 0 Å². The summed E-state index contributed by atoms with van der Waals surface area (Å²) >= 11 is 0. The molecular weight excluding hydrogens is 251 g/mol. The molecule has 1 aliphatic heterocycles. The van der Waals surface area contributed by atoms with Crippen LogP contribution in [0.4, 0.5) is 4.39 Å². The van der Waals surface area contributed by atoms with Crippen molar-refractivity contribution in [2.45, 2.75) is 45.7 Å². The zero-order valence-corrected chi connectivity index (χ0v) is 12.8. The van der Waals surface area contributed by atoms with Crippen LogP contribution in [0.1, 0.15) is 45.2 Å². The number of nitrogens with zero attached hydrogens (tertiary/aromatic N) is 1. The SMILES string of the molecule is CC(CN1CCCC(C)C1C)C(N)c1ccccc1F. The summed E-state index contributed by atoms with van der Waals surface area (Å²) in [7, 11) is 0. The minimum Gasteiger partial charge on any atom is -0.324 e. The maximum absolute atomic E-state index is 13.8. The molecule has 20 heavy (non-hydrogen) atoms. The first-order valence-corrected chi connectivity index (χ1v) is 7.74. The fraction of sp³-hybridized carbons (Fsp3) is 0.647. The minimum atomic E-state index is -0.236. The van der Waals surface area contributed by atoms with E-state index >= 15 is 0 Å². The highest BCUT2D eigenvalue weighted by Crippen LogP contribution is 2.27. The summed E-state index contributed by atoms with van der Waals surface area (Å²) in [4.78, 5) is 2.51. The van der Waals surface area contributed by atoms with Gasteiger partial charge >= 0.3 is 0 Å². The van der Waals surface area contributed by atoms with Gasteiger partial charge in [0.05, 0.1) is 0 Å². The van der Waals surface area contributed by atoms with Gasteiger partial charge in [0.1, 0.15) is 5.82 Å². The Bertz CT molecular complexity index is 435. The first-order chi connectivity index (χ1) is 9.50. The Morgan fingerprint density at radius 3 is 2.75 bits per heavy atom. The smallest absolute Gasteiger partial charge is 0.127 e. The second-order valence-electron chi connectivity index (χ2n) is 6.38. The van der Waals surface area contributed by atoms with Crippen LogP contribution in [0.2, 0.25) is 0 Å². The topological polar surface area (TPSA) is 29.3 Å². The Morgan fingerprint density at radius 2 is 2.05 bits per heavy atom. The predicted octanol–water partition coefficient (Wildman–Crippen LogP) is 3.58. The highest BCUT2D eigenvalue weighted by molar-refractivity contribution is 5.21. The van der Waals surface area contributed by atoms with Crippen LogP contribution in [-0.4, -0.2) is 24.0 Å². The van der Waals surface area contributed by atoms with Gasteiger partial charge in [0.2, 0.25) is 0 Å². The molecule has 0 saturated carbocycles. The molecule has 4 atom stereocenters. The van der Waals surface area contributed by atoms with Gasteiger partial charge in [-0.15, -0.1) is 0 Å². The van der Waals surface area contributed by atoms with E-state index in [-0.39, 0.29) is 17.8 Å². The van der Waals surface area contributed by atoms with Crippen LogP contribution in [0.25, 0.3) is 0 Å². The normalized spacial score (nSPS) is 27.2. The maximum Gasteiger partial charge on any atom is 0.127 e. The van der Waals surface area contributed by atoms with Crippen LogP contribution in [0.5, 0.6) is 0 Å². The number of halogens is 1. The van der Waals surface area contributed by atoms with Gasteiger partial charge in [0.25, 0.3) is 0 Å². The molecule has 0 spiro atoms. The molecule has 0 aliphatic carbocycles. The van der Waals surface area contributed by atoms with Crippen LogP contribution in [0, 0.1) is 17.7 Å². The lowest BCUT2D eigenvalue weighted by Gasteiger charge is -2.40. The quantitative estimate of drug-likeness (QED) is 0.912. The van der Waals surface area contributed by atoms with Gasteiger partial charge < -0.3 is 10.6 Å². The molecule has 1 aromatic carbocycles. The van der Waals surface area contributed by atoms with E-state index in [1.807, 2.05) is 6.07 Å². The van der Waals surface area contributed by atoms with Crippen LogP contribution in [0.3, 0.4) is 0 Å². The van der Waals surface area contributed by atoms with E-state index in [4.69, 9.17) is 5.73 Å². The molecule has 0 radical (unpaired) electrons. The number of rotatable bonds is 4. The molecule has 2 N–H and O–H groups in total. The average molecular weight is 278 g/mol. The predicted molar refractivity (Wildman–Crippen MR) is 81.9 cm³/mol. The fourth-order valence-corrected chi connectivity index (χ4v) is 3.21. The minimum absolute atomic E-state index is 0.188. The molecular formula is C17H27FN2. The molecule has 1 saturated heterocycles. The Morgan fingerprint density at radius 1 is 1.35 bits per heavy atom. The van der Waals surface area contributed by atoms with Crippen LogP contribution in [-0.2, 0) is 0 Å². The number of hydrogen-bond acceptors (Lipinski definition) is 2. The summed E-state index contributed by atoms with van der Waals surface area (Å²) in [5.41, 5.74) is 6.91. The average Bonchev–Trinajstić information content (AvgIpc) is 2.43. The van der Waals surface area contributed by atoms with Crippen molar-refractivity contribution in [2.75, 3.05) is 13.1 Å². The maximum atomic E-state index is 13.8. The molecule has 2 rings (SSSR count). The summed E-state index contributed by atoms with van der Waals surface area (Å²) in [6.07, 6.45) is 2.57. The highest BCUT2D eigenvalue weighted by atomic mass is 19.1. The van der Waals surface area contributed by atoms with Crippen molar-refractivity contribution in [1.82, 2.24) is 4.90 Å². The molecule has 0 amide bonds. The zero-order chi connectivity index (χ0) is 14.7. The molecule has 1 aliphatic rings. The van der Waals surface area contributed by atoms with E-state index in [9.17, 15) is 4.39 Å². The Labute approximate surface area is 122 Å². The van der Waals surface area contributed by atoms with Crippen molar-refractivity contribution in [3.05, 3.63) is 35.6 Å². The lowest BCUT2D eigenvalue weighted by molar-refractivity contribution is 0.0930. The van der Waals surface area contributed by atoms with Crippen LogP contribution in [0.15, 0.2) is 24.3 Å². The van der Waals surface area contributed by atoms with Gasteiger partial charge in [0, 0.05) is 24.2 Å². The van der Waals surface area contributed by atoms with Gasteiger partial charge in [0.15, 0.2) is 0 Å². The number of hydrogen-bond donors (Lipinski definition) is 1. The Hall–Kier alpha value is -0.930. The number of nitrogens with two attached hydrogens (primary N) is 1. The van der Waals surface area contributed by atoms with Gasteiger partial charge in [-0.25, -0.2) is 4.39 Å². The monoisotopic (exact) mass is 278 g/mol. The van der Waals surface area contributed by atoms with Crippen LogP contribution >= 0.6 is 0 Å². The van der Waals surface area contributed by atoms with Gasteiger partial charge in [-0.1, -0.05) is 32.0 Å². The van der Waals surface area contributed by atoms with Crippen molar-refractivity contribution < 1.29 is 4.39 Å². The highest BCUT2D eigenvalue weighted by Gasteiger charge is 2.28. The van der Waals surface area contributed by atoms with Crippen molar-refractivity contribution in [3.8, 4) is 0 Å². The number of piperidine rings is 1. The second-order valence-corrected chi connectivity index (χ2v) is 6.38. The lowest BCUT2D eigenvalue weighted by Crippen LogP contribution is -2.45. The van der Waals surface area contributed by atoms with E-state index in [2.05, 4.69) is 25.7 Å². The summed E-state index contributed by atoms with van der Waals surface area (Å²) in [6.45, 7) is 8.83. The Balaban J connectivity index is 2.01. The molecule has 0 bridgehead atoms. The fourth-order valence-electron chi connectivity index (χ4n) is 3.21. The van der Waals surface area contributed by atoms with Crippen LogP contribution < -0.4 is 5.73 Å².